The Balaban J connectivity index is 1.68. The number of aryl methyl sites for hydroxylation is 1. The Morgan fingerprint density at radius 3 is 2.77 bits per heavy atom. The van der Waals surface area contributed by atoms with Gasteiger partial charge in [0.1, 0.15) is 0 Å². The normalized spacial score (nSPS) is 11.8. The van der Waals surface area contributed by atoms with Crippen molar-refractivity contribution in [1.82, 2.24) is 14.7 Å². The number of sulfonamides is 1. The fraction of sp³-hybridized carbons (Fsp3) is 0.211. The largest absolute Gasteiger partial charge is 0.420 e. The number of benzene rings is 2. The number of hydrogen-bond donors (Lipinski definition) is 1. The molecule has 0 saturated carbocycles. The number of anilines is 1. The highest BCUT2D eigenvalue weighted by Crippen LogP contribution is 2.26. The summed E-state index contributed by atoms with van der Waals surface area (Å²) in [6.07, 6.45) is 0.578. The number of aromatic nitrogens is 3. The number of nitrogens with one attached hydrogen (secondary N) is 1. The third-order valence-corrected chi connectivity index (χ3v) is 6.35. The Morgan fingerprint density at radius 1 is 1.23 bits per heavy atom. The van der Waals surface area contributed by atoms with E-state index in [1.165, 1.54) is 22.8 Å². The molecule has 4 aromatic rings. The van der Waals surface area contributed by atoms with Gasteiger partial charge in [-0.25, -0.2) is 13.2 Å². The van der Waals surface area contributed by atoms with Gasteiger partial charge in [-0.15, -0.1) is 0 Å². The Morgan fingerprint density at radius 2 is 2.03 bits per heavy atom. The van der Waals surface area contributed by atoms with E-state index in [1.54, 1.807) is 25.1 Å². The highest BCUT2D eigenvalue weighted by atomic mass is 35.5. The van der Waals surface area contributed by atoms with Crippen LogP contribution in [-0.4, -0.2) is 23.1 Å². The minimum absolute atomic E-state index is 0.0430. The summed E-state index contributed by atoms with van der Waals surface area (Å²) in [5, 5.41) is 4.27. The van der Waals surface area contributed by atoms with E-state index in [0.29, 0.717) is 39.9 Å². The Bertz CT molecular complexity index is 1400. The van der Waals surface area contributed by atoms with E-state index in [1.807, 2.05) is 6.92 Å². The second-order valence-corrected chi connectivity index (χ2v) is 8.65. The van der Waals surface area contributed by atoms with Crippen LogP contribution in [-0.2, 0) is 23.0 Å². The lowest BCUT2D eigenvalue weighted by Gasteiger charge is -2.11. The number of hydrogen-bond acceptors (Lipinski definition) is 7. The standard InChI is InChI=1S/C19H17ClN4O5S/c1-3-18-21-17(22-29-18)10-24-15-8-7-12(9-16(15)28-19(24)25)30(26,27)23-14-6-4-5-13(20)11(14)2/h4-9,23H,3,10H2,1-2H3. The van der Waals surface area contributed by atoms with Crippen molar-refractivity contribution >= 4 is 38.4 Å². The molecule has 2 heterocycles. The molecule has 2 aromatic carbocycles. The average molecular weight is 449 g/mol. The molecule has 0 spiro atoms. The molecule has 30 heavy (non-hydrogen) atoms. The van der Waals surface area contributed by atoms with Crippen LogP contribution < -0.4 is 10.5 Å². The monoisotopic (exact) mass is 448 g/mol. The molecule has 0 atom stereocenters. The molecule has 1 N–H and O–H groups in total. The molecule has 0 radical (unpaired) electrons. The highest BCUT2D eigenvalue weighted by molar-refractivity contribution is 7.92. The van der Waals surface area contributed by atoms with E-state index in [0.717, 1.165) is 0 Å². The van der Waals surface area contributed by atoms with Crippen LogP contribution in [0, 0.1) is 6.92 Å². The van der Waals surface area contributed by atoms with Gasteiger partial charge in [-0.1, -0.05) is 29.7 Å². The van der Waals surface area contributed by atoms with Crippen LogP contribution in [0.2, 0.25) is 5.02 Å². The quantitative estimate of drug-likeness (QED) is 0.480. The summed E-state index contributed by atoms with van der Waals surface area (Å²) < 4.78 is 39.7. The maximum atomic E-state index is 12.8. The molecular formula is C19H17ClN4O5S. The molecule has 0 saturated heterocycles. The molecule has 0 bridgehead atoms. The number of fused-ring (bicyclic) bond motifs is 1. The summed E-state index contributed by atoms with van der Waals surface area (Å²) in [6, 6.07) is 9.12. The maximum absolute atomic E-state index is 12.8. The first-order valence-corrected chi connectivity index (χ1v) is 10.9. The van der Waals surface area contributed by atoms with Gasteiger partial charge in [0.2, 0.25) is 5.89 Å². The van der Waals surface area contributed by atoms with E-state index < -0.39 is 15.8 Å². The topological polar surface area (TPSA) is 120 Å². The first-order valence-electron chi connectivity index (χ1n) is 9.01. The minimum atomic E-state index is -3.93. The first-order chi connectivity index (χ1) is 14.3. The molecule has 0 fully saturated rings. The number of rotatable bonds is 6. The predicted octanol–water partition coefficient (Wildman–Crippen LogP) is 3.35. The molecule has 0 aliphatic heterocycles. The first kappa shape index (κ1) is 20.2. The van der Waals surface area contributed by atoms with Crippen molar-refractivity contribution in [1.29, 1.82) is 0 Å². The van der Waals surface area contributed by atoms with Crippen molar-refractivity contribution in [3.63, 3.8) is 0 Å². The summed E-state index contributed by atoms with van der Waals surface area (Å²) in [7, 11) is -3.93. The lowest BCUT2D eigenvalue weighted by Crippen LogP contribution is -2.16. The maximum Gasteiger partial charge on any atom is 0.420 e. The zero-order chi connectivity index (χ0) is 21.5. The molecule has 4 rings (SSSR count). The number of nitrogens with zero attached hydrogens (tertiary/aromatic N) is 3. The molecule has 2 aromatic heterocycles. The minimum Gasteiger partial charge on any atom is -0.408 e. The Hall–Kier alpha value is -3.11. The SMILES string of the molecule is CCc1nc(Cn2c(=O)oc3cc(S(=O)(=O)Nc4cccc(Cl)c4C)ccc32)no1. The smallest absolute Gasteiger partial charge is 0.408 e. The van der Waals surface area contributed by atoms with Gasteiger partial charge in [0.15, 0.2) is 11.4 Å². The van der Waals surface area contributed by atoms with Crippen molar-refractivity contribution in [3.05, 3.63) is 69.3 Å². The summed E-state index contributed by atoms with van der Waals surface area (Å²) in [5.41, 5.74) is 1.52. The zero-order valence-electron chi connectivity index (χ0n) is 16.0. The van der Waals surface area contributed by atoms with Crippen molar-refractivity contribution in [2.24, 2.45) is 0 Å². The molecule has 0 amide bonds. The highest BCUT2D eigenvalue weighted by Gasteiger charge is 2.20. The number of halogens is 1. The van der Waals surface area contributed by atoms with Crippen LogP contribution in [0.4, 0.5) is 5.69 Å². The molecule has 0 aliphatic rings. The van der Waals surface area contributed by atoms with Crippen LogP contribution in [0.15, 0.2) is 55.0 Å². The van der Waals surface area contributed by atoms with Crippen molar-refractivity contribution in [2.45, 2.75) is 31.7 Å². The third kappa shape index (κ3) is 3.71. The second-order valence-electron chi connectivity index (χ2n) is 6.56. The molecule has 11 heteroatoms. The lowest BCUT2D eigenvalue weighted by atomic mass is 10.2. The molecule has 0 unspecified atom stereocenters. The van der Waals surface area contributed by atoms with Crippen LogP contribution >= 0.6 is 11.6 Å². The summed E-state index contributed by atoms with van der Waals surface area (Å²) in [5.74, 6) is 0.133. The van der Waals surface area contributed by atoms with Crippen molar-refractivity contribution in [2.75, 3.05) is 4.72 Å². The summed E-state index contributed by atoms with van der Waals surface area (Å²) >= 11 is 6.06. The van der Waals surface area contributed by atoms with E-state index >= 15 is 0 Å². The predicted molar refractivity (Wildman–Crippen MR) is 110 cm³/mol. The van der Waals surface area contributed by atoms with Crippen LogP contribution in [0.25, 0.3) is 11.1 Å². The van der Waals surface area contributed by atoms with E-state index in [-0.39, 0.29) is 17.0 Å². The van der Waals surface area contributed by atoms with Crippen LogP contribution in [0.1, 0.15) is 24.2 Å². The fourth-order valence-corrected chi connectivity index (χ4v) is 4.24. The molecule has 0 aliphatic carbocycles. The van der Waals surface area contributed by atoms with E-state index in [4.69, 9.17) is 20.5 Å². The second kappa shape index (κ2) is 7.62. The van der Waals surface area contributed by atoms with Crippen LogP contribution in [0.3, 0.4) is 0 Å². The van der Waals surface area contributed by atoms with Crippen molar-refractivity contribution < 1.29 is 17.4 Å². The summed E-state index contributed by atoms with van der Waals surface area (Å²) in [6.45, 7) is 3.63. The van der Waals surface area contributed by atoms with Gasteiger partial charge in [-0.05, 0) is 36.8 Å². The van der Waals surface area contributed by atoms with Gasteiger partial charge >= 0.3 is 5.76 Å². The van der Waals surface area contributed by atoms with Gasteiger partial charge in [-0.2, -0.15) is 4.98 Å². The molecule has 156 valence electrons. The van der Waals surface area contributed by atoms with Gasteiger partial charge in [0, 0.05) is 17.5 Å². The van der Waals surface area contributed by atoms with E-state index in [9.17, 15) is 13.2 Å². The Kier molecular flexibility index (Phi) is 5.12. The van der Waals surface area contributed by atoms with E-state index in [2.05, 4.69) is 14.9 Å². The zero-order valence-corrected chi connectivity index (χ0v) is 17.6. The molecular weight excluding hydrogens is 432 g/mol. The van der Waals surface area contributed by atoms with Gasteiger partial charge in [0.25, 0.3) is 10.0 Å². The van der Waals surface area contributed by atoms with Gasteiger partial charge < -0.3 is 8.94 Å². The van der Waals surface area contributed by atoms with Crippen LogP contribution in [0.5, 0.6) is 0 Å². The summed E-state index contributed by atoms with van der Waals surface area (Å²) in [4.78, 5) is 16.4. The third-order valence-electron chi connectivity index (χ3n) is 4.57. The van der Waals surface area contributed by atoms with Gasteiger partial charge in [-0.3, -0.25) is 9.29 Å². The lowest BCUT2D eigenvalue weighted by molar-refractivity contribution is 0.375. The van der Waals surface area contributed by atoms with Crippen molar-refractivity contribution in [3.8, 4) is 0 Å². The average Bonchev–Trinajstić information content (AvgIpc) is 3.29. The molecule has 9 nitrogen and oxygen atoms in total. The van der Waals surface area contributed by atoms with Gasteiger partial charge in [0.05, 0.1) is 22.6 Å². The number of oxazole rings is 1. The fourth-order valence-electron chi connectivity index (χ4n) is 2.92. The Labute approximate surface area is 176 Å².